The van der Waals surface area contributed by atoms with Gasteiger partial charge in [-0.25, -0.2) is 0 Å². The molecular weight excluding hydrogens is 298 g/mol. The van der Waals surface area contributed by atoms with Crippen LogP contribution >= 0.6 is 27.3 Å². The van der Waals surface area contributed by atoms with Gasteiger partial charge in [0.25, 0.3) is 0 Å². The molecule has 0 aliphatic carbocycles. The highest BCUT2D eigenvalue weighted by Crippen LogP contribution is 2.20. The van der Waals surface area contributed by atoms with E-state index in [0.29, 0.717) is 19.8 Å². The minimum absolute atomic E-state index is 0.564. The normalized spacial score (nSPS) is 10.7. The van der Waals surface area contributed by atoms with Crippen LogP contribution in [0.2, 0.25) is 0 Å². The monoisotopic (exact) mass is 311 g/mol. The molecule has 2 aromatic rings. The lowest BCUT2D eigenvalue weighted by atomic mass is 10.1. The molecule has 0 saturated carbocycles. The molecule has 1 aromatic heterocycles. The zero-order valence-corrected chi connectivity index (χ0v) is 11.8. The van der Waals surface area contributed by atoms with Gasteiger partial charge in [0.1, 0.15) is 0 Å². The first-order valence-corrected chi connectivity index (χ1v) is 7.04. The Morgan fingerprint density at radius 2 is 2.12 bits per heavy atom. The largest absolute Gasteiger partial charge is 0.371 e. The van der Waals surface area contributed by atoms with Gasteiger partial charge >= 0.3 is 0 Å². The van der Waals surface area contributed by atoms with Crippen LogP contribution in [0, 0.1) is 0 Å². The number of halogens is 1. The number of ether oxygens (including phenoxy) is 1. The van der Waals surface area contributed by atoms with Crippen molar-refractivity contribution < 1.29 is 4.74 Å². The molecule has 0 aliphatic heterocycles. The van der Waals surface area contributed by atoms with Gasteiger partial charge in [-0.1, -0.05) is 34.1 Å². The number of nitrogens with two attached hydrogens (primary N) is 1. The number of hydrogen-bond donors (Lipinski definition) is 1. The van der Waals surface area contributed by atoms with Gasteiger partial charge in [-0.05, 0) is 28.6 Å². The lowest BCUT2D eigenvalue weighted by Crippen LogP contribution is -1.98. The summed E-state index contributed by atoms with van der Waals surface area (Å²) in [5.74, 6) is 0. The summed E-state index contributed by atoms with van der Waals surface area (Å²) in [6.07, 6.45) is 0. The Labute approximate surface area is 114 Å². The summed E-state index contributed by atoms with van der Waals surface area (Å²) in [6, 6.07) is 10.3. The van der Waals surface area contributed by atoms with Gasteiger partial charge < -0.3 is 10.5 Å². The first kappa shape index (κ1) is 12.8. The number of thiophene rings is 1. The van der Waals surface area contributed by atoms with E-state index in [-0.39, 0.29) is 0 Å². The van der Waals surface area contributed by atoms with Gasteiger partial charge in [-0.3, -0.25) is 0 Å². The third-order valence-corrected chi connectivity index (χ3v) is 4.02. The van der Waals surface area contributed by atoms with E-state index >= 15 is 0 Å². The SMILES string of the molecule is NCc1ccc(COCc2cccs2)c(Br)c1. The second kappa shape index (κ2) is 6.31. The Hall–Kier alpha value is -0.680. The van der Waals surface area contributed by atoms with E-state index in [1.165, 1.54) is 4.88 Å². The van der Waals surface area contributed by atoms with E-state index < -0.39 is 0 Å². The lowest BCUT2D eigenvalue weighted by Gasteiger charge is -2.07. The van der Waals surface area contributed by atoms with Crippen LogP contribution in [0.1, 0.15) is 16.0 Å². The fraction of sp³-hybridized carbons (Fsp3) is 0.231. The molecule has 2 N–H and O–H groups in total. The first-order valence-electron chi connectivity index (χ1n) is 5.37. The quantitative estimate of drug-likeness (QED) is 0.914. The van der Waals surface area contributed by atoms with Crippen molar-refractivity contribution in [3.05, 3.63) is 56.2 Å². The zero-order valence-electron chi connectivity index (χ0n) is 9.36. The average Bonchev–Trinajstić information content (AvgIpc) is 2.84. The molecule has 0 fully saturated rings. The van der Waals surface area contributed by atoms with E-state index in [9.17, 15) is 0 Å². The van der Waals surface area contributed by atoms with Crippen molar-refractivity contribution in [2.75, 3.05) is 0 Å². The van der Waals surface area contributed by atoms with Crippen LogP contribution in [0.3, 0.4) is 0 Å². The first-order chi connectivity index (χ1) is 8.29. The molecule has 4 heteroatoms. The molecule has 2 rings (SSSR count). The van der Waals surface area contributed by atoms with Crippen molar-refractivity contribution in [2.45, 2.75) is 19.8 Å². The third kappa shape index (κ3) is 3.64. The van der Waals surface area contributed by atoms with Crippen LogP contribution in [0.25, 0.3) is 0 Å². The summed E-state index contributed by atoms with van der Waals surface area (Å²) in [6.45, 7) is 1.85. The van der Waals surface area contributed by atoms with Crippen molar-refractivity contribution in [2.24, 2.45) is 5.73 Å². The van der Waals surface area contributed by atoms with Gasteiger partial charge in [-0.2, -0.15) is 0 Å². The van der Waals surface area contributed by atoms with Crippen LogP contribution in [0.5, 0.6) is 0 Å². The molecule has 1 aromatic carbocycles. The van der Waals surface area contributed by atoms with Gasteiger partial charge in [0.2, 0.25) is 0 Å². The lowest BCUT2D eigenvalue weighted by molar-refractivity contribution is 0.109. The van der Waals surface area contributed by atoms with E-state index in [1.54, 1.807) is 11.3 Å². The molecular formula is C13H14BrNOS. The van der Waals surface area contributed by atoms with Crippen molar-refractivity contribution >= 4 is 27.3 Å². The van der Waals surface area contributed by atoms with Crippen LogP contribution in [0.15, 0.2) is 40.2 Å². The topological polar surface area (TPSA) is 35.2 Å². The van der Waals surface area contributed by atoms with Gasteiger partial charge in [-0.15, -0.1) is 11.3 Å². The minimum Gasteiger partial charge on any atom is -0.371 e. The van der Waals surface area contributed by atoms with Crippen molar-refractivity contribution in [3.63, 3.8) is 0 Å². The maximum Gasteiger partial charge on any atom is 0.0813 e. The maximum atomic E-state index is 5.67. The molecule has 0 aliphatic rings. The highest BCUT2D eigenvalue weighted by atomic mass is 79.9. The number of benzene rings is 1. The average molecular weight is 312 g/mol. The van der Waals surface area contributed by atoms with Crippen LogP contribution in [-0.2, 0) is 24.5 Å². The Morgan fingerprint density at radius 3 is 2.76 bits per heavy atom. The highest BCUT2D eigenvalue weighted by Gasteiger charge is 2.02. The summed E-state index contributed by atoms with van der Waals surface area (Å²) >= 11 is 5.25. The predicted octanol–water partition coefficient (Wildman–Crippen LogP) is 3.69. The molecule has 1 heterocycles. The van der Waals surface area contributed by atoms with E-state index in [1.807, 2.05) is 18.2 Å². The molecule has 0 atom stereocenters. The highest BCUT2D eigenvalue weighted by molar-refractivity contribution is 9.10. The number of hydrogen-bond acceptors (Lipinski definition) is 3. The van der Waals surface area contributed by atoms with Crippen LogP contribution in [0.4, 0.5) is 0 Å². The second-order valence-electron chi connectivity index (χ2n) is 3.70. The summed E-state index contributed by atoms with van der Waals surface area (Å²) in [5.41, 5.74) is 7.86. The van der Waals surface area contributed by atoms with E-state index in [0.717, 1.165) is 15.6 Å². The Balaban J connectivity index is 1.90. The molecule has 0 saturated heterocycles. The van der Waals surface area contributed by atoms with Crippen LogP contribution in [-0.4, -0.2) is 0 Å². The molecule has 0 bridgehead atoms. The maximum absolute atomic E-state index is 5.67. The standard InChI is InChI=1S/C13H14BrNOS/c14-13-6-10(7-15)3-4-11(13)8-16-9-12-2-1-5-17-12/h1-6H,7-9,15H2. The third-order valence-electron chi connectivity index (χ3n) is 2.44. The minimum atomic E-state index is 0.564. The molecule has 0 spiro atoms. The Bertz CT molecular complexity index is 470. The summed E-state index contributed by atoms with van der Waals surface area (Å²) < 4.78 is 6.73. The van der Waals surface area contributed by atoms with Gasteiger partial charge in [0, 0.05) is 15.9 Å². The molecule has 17 heavy (non-hydrogen) atoms. The summed E-state index contributed by atoms with van der Waals surface area (Å²) in [7, 11) is 0. The Morgan fingerprint density at radius 1 is 1.24 bits per heavy atom. The second-order valence-corrected chi connectivity index (χ2v) is 5.59. The van der Waals surface area contributed by atoms with Crippen molar-refractivity contribution in [3.8, 4) is 0 Å². The Kier molecular flexibility index (Phi) is 4.74. The van der Waals surface area contributed by atoms with Crippen molar-refractivity contribution in [1.29, 1.82) is 0 Å². The van der Waals surface area contributed by atoms with Crippen molar-refractivity contribution in [1.82, 2.24) is 0 Å². The van der Waals surface area contributed by atoms with Gasteiger partial charge in [0.15, 0.2) is 0 Å². The molecule has 90 valence electrons. The summed E-state index contributed by atoms with van der Waals surface area (Å²) in [5, 5.41) is 2.06. The number of rotatable bonds is 5. The van der Waals surface area contributed by atoms with Crippen LogP contribution < -0.4 is 5.73 Å². The fourth-order valence-corrected chi connectivity index (χ4v) is 2.67. The smallest absolute Gasteiger partial charge is 0.0813 e. The predicted molar refractivity (Wildman–Crippen MR) is 74.8 cm³/mol. The molecule has 2 nitrogen and oxygen atoms in total. The fourth-order valence-electron chi connectivity index (χ4n) is 1.49. The summed E-state index contributed by atoms with van der Waals surface area (Å²) in [4.78, 5) is 1.25. The van der Waals surface area contributed by atoms with E-state index in [2.05, 4.69) is 33.4 Å². The van der Waals surface area contributed by atoms with E-state index in [4.69, 9.17) is 10.5 Å². The molecule has 0 amide bonds. The zero-order chi connectivity index (χ0) is 12.1. The van der Waals surface area contributed by atoms with Gasteiger partial charge in [0.05, 0.1) is 13.2 Å². The molecule has 0 unspecified atom stereocenters. The molecule has 0 radical (unpaired) electrons.